The zero-order chi connectivity index (χ0) is 15.9. The molecule has 0 saturated carbocycles. The molecule has 3 amide bonds. The summed E-state index contributed by atoms with van der Waals surface area (Å²) in [5.74, 6) is 0. The molecule has 1 heterocycles. The summed E-state index contributed by atoms with van der Waals surface area (Å²) in [5, 5.41) is 0. The van der Waals surface area contributed by atoms with Gasteiger partial charge in [-0.15, -0.1) is 0 Å². The van der Waals surface area contributed by atoms with E-state index in [1.807, 2.05) is 37.3 Å². The molecule has 120 valence electrons. The number of piperazine rings is 1. The topological polar surface area (TPSA) is 53.1 Å². The zero-order valence-corrected chi connectivity index (χ0v) is 13.2. The molecule has 1 aromatic rings. The van der Waals surface area contributed by atoms with Crippen LogP contribution in [-0.4, -0.2) is 61.3 Å². The lowest BCUT2D eigenvalue weighted by Gasteiger charge is -2.36. The Hall–Kier alpha value is -2.24. The van der Waals surface area contributed by atoms with E-state index < -0.39 is 0 Å². The van der Waals surface area contributed by atoms with Crippen LogP contribution in [0.4, 0.5) is 15.3 Å². The van der Waals surface area contributed by atoms with Crippen LogP contribution in [0.25, 0.3) is 0 Å². The van der Waals surface area contributed by atoms with Gasteiger partial charge in [0.15, 0.2) is 0 Å². The van der Waals surface area contributed by atoms with Crippen molar-refractivity contribution in [3.8, 4) is 0 Å². The second-order valence-corrected chi connectivity index (χ2v) is 5.04. The van der Waals surface area contributed by atoms with E-state index in [0.29, 0.717) is 39.3 Å². The number of hydrogen-bond donors (Lipinski definition) is 0. The van der Waals surface area contributed by atoms with Gasteiger partial charge in [0.2, 0.25) is 0 Å². The highest BCUT2D eigenvalue weighted by atomic mass is 16.6. The summed E-state index contributed by atoms with van der Waals surface area (Å²) in [6.07, 6.45) is -0.301. The van der Waals surface area contributed by atoms with E-state index in [1.54, 1.807) is 21.6 Å². The molecule has 6 heteroatoms. The molecule has 0 aliphatic carbocycles. The lowest BCUT2D eigenvalue weighted by Crippen LogP contribution is -2.54. The summed E-state index contributed by atoms with van der Waals surface area (Å²) in [6.45, 7) is 6.81. The number of anilines is 1. The van der Waals surface area contributed by atoms with Gasteiger partial charge < -0.3 is 14.5 Å². The van der Waals surface area contributed by atoms with E-state index in [-0.39, 0.29) is 12.1 Å². The molecule has 0 aromatic heterocycles. The molecule has 0 bridgehead atoms. The average Bonchev–Trinajstić information content (AvgIpc) is 2.57. The highest BCUT2D eigenvalue weighted by Gasteiger charge is 2.27. The van der Waals surface area contributed by atoms with Gasteiger partial charge >= 0.3 is 12.1 Å². The van der Waals surface area contributed by atoms with Crippen LogP contribution < -0.4 is 4.90 Å². The molecule has 0 radical (unpaired) electrons. The molecule has 0 N–H and O–H groups in total. The number of urea groups is 1. The molecule has 1 fully saturated rings. The second-order valence-electron chi connectivity index (χ2n) is 5.04. The summed E-state index contributed by atoms with van der Waals surface area (Å²) in [5.41, 5.74) is 0.892. The Morgan fingerprint density at radius 2 is 1.64 bits per heavy atom. The van der Waals surface area contributed by atoms with Crippen LogP contribution in [0.1, 0.15) is 13.8 Å². The predicted molar refractivity (Wildman–Crippen MR) is 85.0 cm³/mol. The van der Waals surface area contributed by atoms with Gasteiger partial charge in [-0.25, -0.2) is 9.59 Å². The standard InChI is InChI=1S/C16H23N3O3/c1-3-19(14-8-6-5-7-9-14)15(20)17-10-12-18(13-11-17)16(21)22-4-2/h5-9H,3-4,10-13H2,1-2H3. The molecule has 1 aliphatic rings. The summed E-state index contributed by atoms with van der Waals surface area (Å²) in [4.78, 5) is 29.5. The van der Waals surface area contributed by atoms with Crippen molar-refractivity contribution < 1.29 is 14.3 Å². The smallest absolute Gasteiger partial charge is 0.409 e. The third-order valence-corrected chi connectivity index (χ3v) is 3.69. The number of benzene rings is 1. The minimum atomic E-state index is -0.301. The van der Waals surface area contributed by atoms with Crippen molar-refractivity contribution in [1.82, 2.24) is 9.80 Å². The van der Waals surface area contributed by atoms with Crippen molar-refractivity contribution in [3.63, 3.8) is 0 Å². The Kier molecular flexibility index (Phi) is 5.63. The van der Waals surface area contributed by atoms with Gasteiger partial charge in [-0.05, 0) is 26.0 Å². The lowest BCUT2D eigenvalue weighted by atomic mass is 10.3. The molecule has 2 rings (SSSR count). The van der Waals surface area contributed by atoms with Crippen molar-refractivity contribution in [2.45, 2.75) is 13.8 Å². The largest absolute Gasteiger partial charge is 0.450 e. The molecular weight excluding hydrogens is 282 g/mol. The normalized spacial score (nSPS) is 14.6. The molecule has 0 atom stereocenters. The van der Waals surface area contributed by atoms with Crippen LogP contribution in [0, 0.1) is 0 Å². The number of hydrogen-bond acceptors (Lipinski definition) is 3. The van der Waals surface area contributed by atoms with Gasteiger partial charge in [0.25, 0.3) is 0 Å². The van der Waals surface area contributed by atoms with Crippen LogP contribution in [-0.2, 0) is 4.74 Å². The number of rotatable bonds is 3. The van der Waals surface area contributed by atoms with Gasteiger partial charge in [-0.1, -0.05) is 18.2 Å². The molecule has 1 saturated heterocycles. The van der Waals surface area contributed by atoms with E-state index in [9.17, 15) is 9.59 Å². The summed E-state index contributed by atoms with van der Waals surface area (Å²) >= 11 is 0. The first-order valence-corrected chi connectivity index (χ1v) is 7.70. The van der Waals surface area contributed by atoms with Gasteiger partial charge in [-0.2, -0.15) is 0 Å². The van der Waals surface area contributed by atoms with E-state index in [4.69, 9.17) is 4.74 Å². The number of ether oxygens (including phenoxy) is 1. The maximum atomic E-state index is 12.6. The molecule has 22 heavy (non-hydrogen) atoms. The third kappa shape index (κ3) is 3.69. The minimum absolute atomic E-state index is 0.0165. The molecule has 6 nitrogen and oxygen atoms in total. The molecule has 0 spiro atoms. The maximum Gasteiger partial charge on any atom is 0.409 e. The maximum absolute atomic E-state index is 12.6. The summed E-state index contributed by atoms with van der Waals surface area (Å²) in [6, 6.07) is 9.61. The van der Waals surface area contributed by atoms with Crippen LogP contribution in [0.15, 0.2) is 30.3 Å². The Labute approximate surface area is 131 Å². The van der Waals surface area contributed by atoms with Crippen molar-refractivity contribution >= 4 is 17.8 Å². The van der Waals surface area contributed by atoms with Crippen LogP contribution in [0.5, 0.6) is 0 Å². The second kappa shape index (κ2) is 7.68. The van der Waals surface area contributed by atoms with Crippen molar-refractivity contribution in [2.75, 3.05) is 44.2 Å². The molecule has 1 aromatic carbocycles. The van der Waals surface area contributed by atoms with Crippen molar-refractivity contribution in [3.05, 3.63) is 30.3 Å². The Balaban J connectivity index is 1.95. The van der Waals surface area contributed by atoms with E-state index >= 15 is 0 Å². The van der Waals surface area contributed by atoms with E-state index in [1.165, 1.54) is 0 Å². The van der Waals surface area contributed by atoms with E-state index in [2.05, 4.69) is 0 Å². The highest BCUT2D eigenvalue weighted by Crippen LogP contribution is 2.16. The quantitative estimate of drug-likeness (QED) is 0.861. The summed E-state index contributed by atoms with van der Waals surface area (Å²) in [7, 11) is 0. The molecule has 0 unspecified atom stereocenters. The fraction of sp³-hybridized carbons (Fsp3) is 0.500. The van der Waals surface area contributed by atoms with Crippen LogP contribution >= 0.6 is 0 Å². The number of amides is 3. The summed E-state index contributed by atoms with van der Waals surface area (Å²) < 4.78 is 4.99. The first-order valence-electron chi connectivity index (χ1n) is 7.70. The molecule has 1 aliphatic heterocycles. The lowest BCUT2D eigenvalue weighted by molar-refractivity contribution is 0.0861. The Morgan fingerprint density at radius 1 is 1.05 bits per heavy atom. The predicted octanol–water partition coefficient (Wildman–Crippen LogP) is 2.41. The van der Waals surface area contributed by atoms with Crippen molar-refractivity contribution in [1.29, 1.82) is 0 Å². The third-order valence-electron chi connectivity index (χ3n) is 3.69. The number of nitrogens with zero attached hydrogens (tertiary/aromatic N) is 3. The zero-order valence-electron chi connectivity index (χ0n) is 13.2. The van der Waals surface area contributed by atoms with Gasteiger partial charge in [0, 0.05) is 38.4 Å². The van der Waals surface area contributed by atoms with Crippen molar-refractivity contribution in [2.24, 2.45) is 0 Å². The van der Waals surface area contributed by atoms with Gasteiger partial charge in [0.1, 0.15) is 0 Å². The molecular formula is C16H23N3O3. The van der Waals surface area contributed by atoms with Crippen LogP contribution in [0.3, 0.4) is 0 Å². The van der Waals surface area contributed by atoms with Gasteiger partial charge in [0.05, 0.1) is 6.61 Å². The Morgan fingerprint density at radius 3 is 2.18 bits per heavy atom. The average molecular weight is 305 g/mol. The number of carbonyl (C=O) groups is 2. The number of carbonyl (C=O) groups excluding carboxylic acids is 2. The minimum Gasteiger partial charge on any atom is -0.450 e. The number of para-hydroxylation sites is 1. The first kappa shape index (κ1) is 16.1. The SMILES string of the molecule is CCOC(=O)N1CCN(C(=O)N(CC)c2ccccc2)CC1. The van der Waals surface area contributed by atoms with Gasteiger partial charge in [-0.3, -0.25) is 4.90 Å². The Bertz CT molecular complexity index is 499. The monoisotopic (exact) mass is 305 g/mol. The first-order chi connectivity index (χ1) is 10.7. The van der Waals surface area contributed by atoms with Crippen LogP contribution in [0.2, 0.25) is 0 Å². The highest BCUT2D eigenvalue weighted by molar-refractivity contribution is 5.92. The fourth-order valence-corrected chi connectivity index (χ4v) is 2.50. The van der Waals surface area contributed by atoms with E-state index in [0.717, 1.165) is 5.69 Å². The fourth-order valence-electron chi connectivity index (χ4n) is 2.50.